The molecule has 2 heterocycles. The predicted octanol–water partition coefficient (Wildman–Crippen LogP) is 0.262. The molecule has 70 valence electrons. The SMILES string of the molecule is OC(c1cncnc1)C1CCCN1. The first kappa shape index (κ1) is 8.59. The zero-order valence-corrected chi connectivity index (χ0v) is 7.35. The van der Waals surface area contributed by atoms with Crippen molar-refractivity contribution >= 4 is 0 Å². The molecule has 2 N–H and O–H groups in total. The Hall–Kier alpha value is -1.00. The molecule has 4 nitrogen and oxygen atoms in total. The summed E-state index contributed by atoms with van der Waals surface area (Å²) in [6.07, 6.45) is 6.49. The second-order valence-corrected chi connectivity index (χ2v) is 3.32. The van der Waals surface area contributed by atoms with E-state index in [0.29, 0.717) is 0 Å². The minimum atomic E-state index is -0.469. The van der Waals surface area contributed by atoms with Crippen molar-refractivity contribution < 1.29 is 5.11 Å². The summed E-state index contributed by atoms with van der Waals surface area (Å²) in [7, 11) is 0. The molecular formula is C9H13N3O. The number of nitrogens with one attached hydrogen (secondary N) is 1. The number of aromatic nitrogens is 2. The highest BCUT2D eigenvalue weighted by Crippen LogP contribution is 2.21. The summed E-state index contributed by atoms with van der Waals surface area (Å²) in [4.78, 5) is 7.76. The third kappa shape index (κ3) is 1.84. The van der Waals surface area contributed by atoms with Crippen LogP contribution < -0.4 is 5.32 Å². The maximum absolute atomic E-state index is 9.88. The van der Waals surface area contributed by atoms with Crippen LogP contribution in [0.4, 0.5) is 0 Å². The van der Waals surface area contributed by atoms with E-state index in [1.54, 1.807) is 12.4 Å². The highest BCUT2D eigenvalue weighted by molar-refractivity contribution is 5.10. The van der Waals surface area contributed by atoms with Crippen molar-refractivity contribution in [3.8, 4) is 0 Å². The van der Waals surface area contributed by atoms with Crippen LogP contribution in [0, 0.1) is 0 Å². The lowest BCUT2D eigenvalue weighted by atomic mass is 10.0. The van der Waals surface area contributed by atoms with Crippen molar-refractivity contribution in [3.05, 3.63) is 24.3 Å². The molecule has 1 saturated heterocycles. The molecule has 2 unspecified atom stereocenters. The van der Waals surface area contributed by atoms with Gasteiger partial charge in [-0.05, 0) is 19.4 Å². The molecule has 1 aliphatic rings. The van der Waals surface area contributed by atoms with E-state index < -0.39 is 6.10 Å². The molecule has 1 aromatic heterocycles. The van der Waals surface area contributed by atoms with Gasteiger partial charge in [0.2, 0.25) is 0 Å². The number of nitrogens with zero attached hydrogens (tertiary/aromatic N) is 2. The van der Waals surface area contributed by atoms with E-state index in [2.05, 4.69) is 15.3 Å². The van der Waals surface area contributed by atoms with Gasteiger partial charge in [-0.2, -0.15) is 0 Å². The van der Waals surface area contributed by atoms with E-state index in [1.807, 2.05) is 0 Å². The van der Waals surface area contributed by atoms with Crippen molar-refractivity contribution in [2.24, 2.45) is 0 Å². The van der Waals surface area contributed by atoms with Gasteiger partial charge in [-0.15, -0.1) is 0 Å². The van der Waals surface area contributed by atoms with Crippen LogP contribution in [-0.4, -0.2) is 27.7 Å². The van der Waals surface area contributed by atoms with Crippen LogP contribution in [0.3, 0.4) is 0 Å². The van der Waals surface area contributed by atoms with Crippen LogP contribution in [-0.2, 0) is 0 Å². The monoisotopic (exact) mass is 179 g/mol. The first-order valence-electron chi connectivity index (χ1n) is 4.54. The minimum Gasteiger partial charge on any atom is -0.387 e. The van der Waals surface area contributed by atoms with Gasteiger partial charge >= 0.3 is 0 Å². The zero-order valence-electron chi connectivity index (χ0n) is 7.35. The largest absolute Gasteiger partial charge is 0.387 e. The van der Waals surface area contributed by atoms with Gasteiger partial charge in [-0.25, -0.2) is 9.97 Å². The number of hydrogen-bond acceptors (Lipinski definition) is 4. The van der Waals surface area contributed by atoms with Crippen LogP contribution >= 0.6 is 0 Å². The Morgan fingerprint density at radius 2 is 2.23 bits per heavy atom. The Morgan fingerprint density at radius 1 is 1.46 bits per heavy atom. The van der Waals surface area contributed by atoms with E-state index >= 15 is 0 Å². The molecule has 2 atom stereocenters. The molecule has 1 aliphatic heterocycles. The molecule has 1 aromatic rings. The summed E-state index contributed by atoms with van der Waals surface area (Å²) < 4.78 is 0. The summed E-state index contributed by atoms with van der Waals surface area (Å²) in [6, 6.07) is 0.172. The Balaban J connectivity index is 2.08. The van der Waals surface area contributed by atoms with E-state index in [9.17, 15) is 5.11 Å². The molecule has 0 saturated carbocycles. The molecule has 13 heavy (non-hydrogen) atoms. The lowest BCUT2D eigenvalue weighted by molar-refractivity contribution is 0.136. The van der Waals surface area contributed by atoms with Crippen molar-refractivity contribution in [2.75, 3.05) is 6.54 Å². The topological polar surface area (TPSA) is 58.0 Å². The summed E-state index contributed by atoms with van der Waals surface area (Å²) >= 11 is 0. The summed E-state index contributed by atoms with van der Waals surface area (Å²) in [6.45, 7) is 0.995. The second kappa shape index (κ2) is 3.81. The molecule has 0 aliphatic carbocycles. The fraction of sp³-hybridized carbons (Fsp3) is 0.556. The molecular weight excluding hydrogens is 166 g/mol. The van der Waals surface area contributed by atoms with E-state index in [0.717, 1.165) is 24.9 Å². The summed E-state index contributed by atoms with van der Waals surface area (Å²) in [5, 5.41) is 13.1. The fourth-order valence-electron chi connectivity index (χ4n) is 1.68. The lowest BCUT2D eigenvalue weighted by Gasteiger charge is -2.17. The van der Waals surface area contributed by atoms with E-state index in [4.69, 9.17) is 0 Å². The minimum absolute atomic E-state index is 0.172. The van der Waals surface area contributed by atoms with E-state index in [-0.39, 0.29) is 6.04 Å². The van der Waals surface area contributed by atoms with Gasteiger partial charge in [0.05, 0.1) is 6.10 Å². The fourth-order valence-corrected chi connectivity index (χ4v) is 1.68. The number of hydrogen-bond donors (Lipinski definition) is 2. The van der Waals surface area contributed by atoms with E-state index in [1.165, 1.54) is 6.33 Å². The Morgan fingerprint density at radius 3 is 2.85 bits per heavy atom. The quantitative estimate of drug-likeness (QED) is 0.684. The van der Waals surface area contributed by atoms with Gasteiger partial charge in [0.25, 0.3) is 0 Å². The van der Waals surface area contributed by atoms with Crippen LogP contribution in [0.2, 0.25) is 0 Å². The third-order valence-corrected chi connectivity index (χ3v) is 2.40. The van der Waals surface area contributed by atoms with Gasteiger partial charge < -0.3 is 10.4 Å². The first-order valence-corrected chi connectivity index (χ1v) is 4.54. The molecule has 4 heteroatoms. The van der Waals surface area contributed by atoms with Gasteiger partial charge in [0, 0.05) is 24.0 Å². The highest BCUT2D eigenvalue weighted by Gasteiger charge is 2.23. The normalized spacial score (nSPS) is 24.5. The van der Waals surface area contributed by atoms with Crippen LogP contribution in [0.25, 0.3) is 0 Å². The smallest absolute Gasteiger partial charge is 0.115 e. The molecule has 0 radical (unpaired) electrons. The summed E-state index contributed by atoms with van der Waals surface area (Å²) in [5.74, 6) is 0. The lowest BCUT2D eigenvalue weighted by Crippen LogP contribution is -2.28. The molecule has 1 fully saturated rings. The van der Waals surface area contributed by atoms with Gasteiger partial charge in [0.1, 0.15) is 6.33 Å². The molecule has 0 amide bonds. The molecule has 0 spiro atoms. The van der Waals surface area contributed by atoms with Crippen LogP contribution in [0.1, 0.15) is 24.5 Å². The predicted molar refractivity (Wildman–Crippen MR) is 48.0 cm³/mol. The maximum Gasteiger partial charge on any atom is 0.115 e. The van der Waals surface area contributed by atoms with Crippen molar-refractivity contribution in [3.63, 3.8) is 0 Å². The molecule has 0 aromatic carbocycles. The van der Waals surface area contributed by atoms with Crippen molar-refractivity contribution in [2.45, 2.75) is 25.0 Å². The van der Waals surface area contributed by atoms with Crippen molar-refractivity contribution in [1.82, 2.24) is 15.3 Å². The van der Waals surface area contributed by atoms with Gasteiger partial charge in [-0.1, -0.05) is 0 Å². The zero-order chi connectivity index (χ0) is 9.10. The average molecular weight is 179 g/mol. The van der Waals surface area contributed by atoms with Gasteiger partial charge in [-0.3, -0.25) is 0 Å². The number of aliphatic hydroxyl groups is 1. The Labute approximate surface area is 77.0 Å². The third-order valence-electron chi connectivity index (χ3n) is 2.40. The van der Waals surface area contributed by atoms with Crippen molar-refractivity contribution in [1.29, 1.82) is 0 Å². The number of aliphatic hydroxyl groups excluding tert-OH is 1. The standard InChI is InChI=1S/C9H13N3O/c13-9(8-2-1-3-12-8)7-4-10-6-11-5-7/h4-6,8-9,12-13H,1-3H2. The van der Waals surface area contributed by atoms with Crippen LogP contribution in [0.15, 0.2) is 18.7 Å². The highest BCUT2D eigenvalue weighted by atomic mass is 16.3. The summed E-state index contributed by atoms with van der Waals surface area (Å²) in [5.41, 5.74) is 0.793. The Bertz CT molecular complexity index is 259. The maximum atomic E-state index is 9.88. The Kier molecular flexibility index (Phi) is 2.52. The molecule has 0 bridgehead atoms. The number of rotatable bonds is 2. The first-order chi connectivity index (χ1) is 6.38. The van der Waals surface area contributed by atoms with Crippen LogP contribution in [0.5, 0.6) is 0 Å². The molecule has 2 rings (SSSR count). The average Bonchev–Trinajstić information content (AvgIpc) is 2.71. The second-order valence-electron chi connectivity index (χ2n) is 3.32. The van der Waals surface area contributed by atoms with Gasteiger partial charge in [0.15, 0.2) is 0 Å².